The monoisotopic (exact) mass is 301 g/mol. The maximum atomic E-state index is 12.1. The number of nitrogens with zero attached hydrogens (tertiary/aromatic N) is 1. The molecule has 4 heteroatoms. The lowest BCUT2D eigenvalue weighted by molar-refractivity contribution is -0.142. The number of hydrogen-bond acceptors (Lipinski definition) is 3. The number of anilines is 1. The van der Waals surface area contributed by atoms with Crippen molar-refractivity contribution in [3.63, 3.8) is 0 Å². The van der Waals surface area contributed by atoms with Gasteiger partial charge in [0.25, 0.3) is 0 Å². The minimum atomic E-state index is -0.256. The molecule has 0 N–H and O–H groups in total. The quantitative estimate of drug-likeness (QED) is 0.635. The van der Waals surface area contributed by atoms with Crippen LogP contribution in [-0.2, 0) is 9.53 Å². The molecule has 2 unspecified atom stereocenters. The van der Waals surface area contributed by atoms with Crippen LogP contribution in [0.4, 0.5) is 5.69 Å². The van der Waals surface area contributed by atoms with Crippen LogP contribution in [0.5, 0.6) is 0 Å². The predicted octanol–water partition coefficient (Wildman–Crippen LogP) is 3.83. The van der Waals surface area contributed by atoms with Crippen molar-refractivity contribution in [2.24, 2.45) is 0 Å². The van der Waals surface area contributed by atoms with Crippen molar-refractivity contribution in [2.75, 3.05) is 11.5 Å². The molecular weight excluding hydrogens is 286 g/mol. The Kier molecular flexibility index (Phi) is 3.84. The molecule has 108 valence electrons. The van der Waals surface area contributed by atoms with Crippen LogP contribution in [0.15, 0.2) is 54.6 Å². The largest absolute Gasteiger partial charge is 0.464 e. The molecule has 3 rings (SSSR count). The molecule has 1 aliphatic heterocycles. The topological polar surface area (TPSA) is 29.3 Å². The lowest BCUT2D eigenvalue weighted by atomic mass is 10.1. The van der Waals surface area contributed by atoms with Gasteiger partial charge in [-0.05, 0) is 36.8 Å². The van der Waals surface area contributed by atoms with Crippen molar-refractivity contribution in [1.82, 2.24) is 0 Å². The van der Waals surface area contributed by atoms with Crippen LogP contribution >= 0.6 is 11.6 Å². The zero-order chi connectivity index (χ0) is 14.8. The van der Waals surface area contributed by atoms with E-state index in [4.69, 9.17) is 16.3 Å². The molecule has 1 saturated heterocycles. The first kappa shape index (κ1) is 14.0. The molecule has 0 spiro atoms. The number of rotatable bonds is 4. The smallest absolute Gasteiger partial charge is 0.331 e. The molecule has 2 aromatic rings. The number of carbonyl (C=O) groups excluding carboxylic acids is 1. The van der Waals surface area contributed by atoms with E-state index in [1.54, 1.807) is 0 Å². The molecule has 0 saturated carbocycles. The molecule has 1 heterocycles. The van der Waals surface area contributed by atoms with E-state index in [1.807, 2.05) is 61.5 Å². The summed E-state index contributed by atoms with van der Waals surface area (Å²) >= 11 is 5.93. The van der Waals surface area contributed by atoms with Gasteiger partial charge in [-0.3, -0.25) is 0 Å². The Hall–Kier alpha value is -2.00. The molecule has 1 fully saturated rings. The van der Waals surface area contributed by atoms with Gasteiger partial charge in [-0.2, -0.15) is 0 Å². The van der Waals surface area contributed by atoms with Crippen LogP contribution in [0, 0.1) is 0 Å². The Bertz CT molecular complexity index is 627. The second-order valence-corrected chi connectivity index (χ2v) is 5.37. The van der Waals surface area contributed by atoms with Crippen LogP contribution in [-0.4, -0.2) is 18.6 Å². The Labute approximate surface area is 129 Å². The summed E-state index contributed by atoms with van der Waals surface area (Å²) in [6.07, 6.45) is 0. The second kappa shape index (κ2) is 5.78. The normalized spacial score (nSPS) is 20.2. The van der Waals surface area contributed by atoms with E-state index >= 15 is 0 Å². The van der Waals surface area contributed by atoms with Crippen LogP contribution in [0.1, 0.15) is 18.5 Å². The minimum Gasteiger partial charge on any atom is -0.464 e. The third-order valence-electron chi connectivity index (χ3n) is 3.60. The molecule has 1 aliphatic rings. The lowest BCUT2D eigenvalue weighted by Gasteiger charge is -2.06. The van der Waals surface area contributed by atoms with Crippen LogP contribution in [0.2, 0.25) is 5.02 Å². The van der Waals surface area contributed by atoms with Gasteiger partial charge in [-0.15, -0.1) is 0 Å². The Morgan fingerprint density at radius 1 is 1.14 bits per heavy atom. The third-order valence-corrected chi connectivity index (χ3v) is 3.85. The molecule has 0 aliphatic carbocycles. The van der Waals surface area contributed by atoms with Gasteiger partial charge in [-0.25, -0.2) is 4.79 Å². The van der Waals surface area contributed by atoms with E-state index in [0.717, 1.165) is 11.3 Å². The summed E-state index contributed by atoms with van der Waals surface area (Å²) in [5.41, 5.74) is 2.09. The number of halogens is 1. The highest BCUT2D eigenvalue weighted by atomic mass is 35.5. The summed E-state index contributed by atoms with van der Waals surface area (Å²) in [5, 5.41) is 0.685. The molecule has 0 aromatic heterocycles. The first-order valence-electron chi connectivity index (χ1n) is 6.98. The number of benzene rings is 2. The lowest BCUT2D eigenvalue weighted by Crippen LogP contribution is -2.15. The summed E-state index contributed by atoms with van der Waals surface area (Å²) < 4.78 is 5.19. The van der Waals surface area contributed by atoms with Gasteiger partial charge in [0.2, 0.25) is 0 Å². The van der Waals surface area contributed by atoms with E-state index in [2.05, 4.69) is 4.90 Å². The zero-order valence-electron chi connectivity index (χ0n) is 11.7. The van der Waals surface area contributed by atoms with Crippen molar-refractivity contribution in [3.8, 4) is 0 Å². The molecule has 2 aromatic carbocycles. The van der Waals surface area contributed by atoms with Gasteiger partial charge in [-0.1, -0.05) is 41.9 Å². The summed E-state index contributed by atoms with van der Waals surface area (Å²) in [7, 11) is 0. The van der Waals surface area contributed by atoms with Crippen molar-refractivity contribution in [1.29, 1.82) is 0 Å². The molecule has 3 nitrogen and oxygen atoms in total. The van der Waals surface area contributed by atoms with E-state index in [1.165, 1.54) is 0 Å². The Morgan fingerprint density at radius 3 is 2.43 bits per heavy atom. The Balaban J connectivity index is 1.89. The van der Waals surface area contributed by atoms with Crippen LogP contribution in [0.25, 0.3) is 0 Å². The number of ether oxygens (including phenoxy) is 1. The highest BCUT2D eigenvalue weighted by molar-refractivity contribution is 6.30. The molecule has 2 atom stereocenters. The van der Waals surface area contributed by atoms with E-state index in [9.17, 15) is 4.79 Å². The van der Waals surface area contributed by atoms with Gasteiger partial charge in [0.1, 0.15) is 0 Å². The van der Waals surface area contributed by atoms with Crippen LogP contribution in [0.3, 0.4) is 0 Å². The maximum Gasteiger partial charge on any atom is 0.331 e. The summed E-state index contributed by atoms with van der Waals surface area (Å²) in [6, 6.07) is 17.3. The van der Waals surface area contributed by atoms with Crippen molar-refractivity contribution >= 4 is 23.3 Å². The van der Waals surface area contributed by atoms with Crippen LogP contribution < -0.4 is 4.90 Å². The SMILES string of the molecule is CCOC(=O)C1C(c2ccccc2)N1c1ccc(Cl)cc1. The maximum absolute atomic E-state index is 12.1. The predicted molar refractivity (Wildman–Crippen MR) is 83.5 cm³/mol. The first-order valence-corrected chi connectivity index (χ1v) is 7.35. The zero-order valence-corrected chi connectivity index (χ0v) is 12.5. The van der Waals surface area contributed by atoms with Gasteiger partial charge in [0.15, 0.2) is 6.04 Å². The van der Waals surface area contributed by atoms with E-state index in [0.29, 0.717) is 11.6 Å². The standard InChI is InChI=1S/C17H16ClNO2/c1-2-21-17(20)16-15(12-6-4-3-5-7-12)19(16)14-10-8-13(18)9-11-14/h3-11,15-16H,2H2,1H3. The van der Waals surface area contributed by atoms with E-state index in [-0.39, 0.29) is 18.1 Å². The minimum absolute atomic E-state index is 0.0337. The van der Waals surface area contributed by atoms with Gasteiger partial charge in [0, 0.05) is 10.7 Å². The second-order valence-electron chi connectivity index (χ2n) is 4.94. The third kappa shape index (κ3) is 2.74. The average Bonchev–Trinajstić information content (AvgIpc) is 3.25. The average molecular weight is 302 g/mol. The number of hydrogen-bond donors (Lipinski definition) is 0. The molecular formula is C17H16ClNO2. The van der Waals surface area contributed by atoms with Crippen molar-refractivity contribution in [3.05, 3.63) is 65.2 Å². The fourth-order valence-corrected chi connectivity index (χ4v) is 2.75. The fraction of sp³-hybridized carbons (Fsp3) is 0.235. The Morgan fingerprint density at radius 2 is 1.81 bits per heavy atom. The van der Waals surface area contributed by atoms with E-state index < -0.39 is 0 Å². The highest BCUT2D eigenvalue weighted by Gasteiger charge is 2.54. The van der Waals surface area contributed by atoms with Gasteiger partial charge in [0.05, 0.1) is 12.6 Å². The number of esters is 1. The van der Waals surface area contributed by atoms with Gasteiger partial charge < -0.3 is 9.64 Å². The molecule has 0 radical (unpaired) electrons. The number of carbonyl (C=O) groups is 1. The molecule has 0 bridgehead atoms. The van der Waals surface area contributed by atoms with Gasteiger partial charge >= 0.3 is 5.97 Å². The summed E-state index contributed by atoms with van der Waals surface area (Å²) in [4.78, 5) is 14.2. The summed E-state index contributed by atoms with van der Waals surface area (Å²) in [5.74, 6) is -0.179. The summed E-state index contributed by atoms with van der Waals surface area (Å²) in [6.45, 7) is 2.22. The molecule has 21 heavy (non-hydrogen) atoms. The van der Waals surface area contributed by atoms with Crippen molar-refractivity contribution < 1.29 is 9.53 Å². The van der Waals surface area contributed by atoms with Crippen molar-refractivity contribution in [2.45, 2.75) is 19.0 Å². The highest BCUT2D eigenvalue weighted by Crippen LogP contribution is 2.47. The fourth-order valence-electron chi connectivity index (χ4n) is 2.63. The molecule has 0 amide bonds. The first-order chi connectivity index (χ1) is 10.2.